The van der Waals surface area contributed by atoms with Crippen LogP contribution in [0.5, 0.6) is 0 Å². The van der Waals surface area contributed by atoms with Gasteiger partial charge in [-0.25, -0.2) is 4.79 Å². The number of hydrogen-bond donors (Lipinski definition) is 3. The lowest BCUT2D eigenvalue weighted by Crippen LogP contribution is -2.46. The summed E-state index contributed by atoms with van der Waals surface area (Å²) in [5.74, 6) is -0.179. The highest BCUT2D eigenvalue weighted by Crippen LogP contribution is 2.33. The Bertz CT molecular complexity index is 1060. The summed E-state index contributed by atoms with van der Waals surface area (Å²) in [6.45, 7) is 0.903. The molecule has 6 nitrogen and oxygen atoms in total. The van der Waals surface area contributed by atoms with Gasteiger partial charge in [0.2, 0.25) is 0 Å². The Morgan fingerprint density at radius 3 is 2.29 bits per heavy atom. The van der Waals surface area contributed by atoms with E-state index >= 15 is 0 Å². The van der Waals surface area contributed by atoms with Crippen molar-refractivity contribution in [3.8, 4) is 0 Å². The van der Waals surface area contributed by atoms with Crippen LogP contribution in [0.25, 0.3) is 0 Å². The number of halogens is 1. The average Bonchev–Trinajstić information content (AvgIpc) is 3.30. The maximum absolute atomic E-state index is 12.7. The number of thiophene rings is 1. The number of carbonyl (C=O) groups is 2. The summed E-state index contributed by atoms with van der Waals surface area (Å²) in [6, 6.07) is 18.1. The predicted octanol–water partition coefficient (Wildman–Crippen LogP) is 5.28. The van der Waals surface area contributed by atoms with Gasteiger partial charge in [0.15, 0.2) is 0 Å². The molecular formula is C23H22BrN3O3S. The van der Waals surface area contributed by atoms with Crippen molar-refractivity contribution >= 4 is 50.6 Å². The van der Waals surface area contributed by atoms with Crippen LogP contribution in [0.1, 0.15) is 28.1 Å². The van der Waals surface area contributed by atoms with Gasteiger partial charge < -0.3 is 20.6 Å². The van der Waals surface area contributed by atoms with Gasteiger partial charge in [0.05, 0.1) is 10.5 Å². The van der Waals surface area contributed by atoms with Gasteiger partial charge >= 0.3 is 6.03 Å². The van der Waals surface area contributed by atoms with E-state index in [0.717, 1.165) is 10.0 Å². The van der Waals surface area contributed by atoms with Crippen molar-refractivity contribution < 1.29 is 14.7 Å². The highest BCUT2D eigenvalue weighted by molar-refractivity contribution is 9.10. The lowest BCUT2D eigenvalue weighted by atomic mass is 9.84. The van der Waals surface area contributed by atoms with Gasteiger partial charge in [-0.05, 0) is 60.2 Å². The van der Waals surface area contributed by atoms with Crippen LogP contribution in [0.4, 0.5) is 16.2 Å². The van der Waals surface area contributed by atoms with Crippen LogP contribution in [0.15, 0.2) is 70.5 Å². The predicted molar refractivity (Wildman–Crippen MR) is 127 cm³/mol. The molecule has 1 aromatic heterocycles. The second kappa shape index (κ2) is 9.21. The first-order valence-corrected chi connectivity index (χ1v) is 11.6. The van der Waals surface area contributed by atoms with E-state index in [0.29, 0.717) is 42.2 Å². The quantitative estimate of drug-likeness (QED) is 0.456. The molecule has 3 amide bonds. The van der Waals surface area contributed by atoms with Gasteiger partial charge in [0.1, 0.15) is 0 Å². The standard InChI is InChI=1S/C23H22BrN3O3S/c24-17-8-6-16(7-9-17)23(30)10-12-27(13-11-23)22(29)26-19-4-1-3-18(15-19)25-21(28)20-5-2-14-31-20/h1-9,14-15,30H,10-13H2,(H,25,28)(H,26,29). The third-order valence-electron chi connectivity index (χ3n) is 5.38. The number of nitrogens with zero attached hydrogens (tertiary/aromatic N) is 1. The number of hydrogen-bond acceptors (Lipinski definition) is 4. The summed E-state index contributed by atoms with van der Waals surface area (Å²) in [4.78, 5) is 27.3. The van der Waals surface area contributed by atoms with E-state index in [1.165, 1.54) is 11.3 Å². The fourth-order valence-electron chi connectivity index (χ4n) is 3.61. The van der Waals surface area contributed by atoms with Gasteiger partial charge in [-0.3, -0.25) is 4.79 Å². The number of aliphatic hydroxyl groups is 1. The van der Waals surface area contributed by atoms with Gasteiger partial charge in [-0.15, -0.1) is 11.3 Å². The molecule has 0 atom stereocenters. The summed E-state index contributed by atoms with van der Waals surface area (Å²) in [7, 11) is 0. The molecule has 0 radical (unpaired) electrons. The van der Waals surface area contributed by atoms with Crippen molar-refractivity contribution in [2.24, 2.45) is 0 Å². The minimum atomic E-state index is -0.927. The number of nitrogens with one attached hydrogen (secondary N) is 2. The van der Waals surface area contributed by atoms with Crippen LogP contribution < -0.4 is 10.6 Å². The Labute approximate surface area is 193 Å². The molecule has 3 aromatic rings. The van der Waals surface area contributed by atoms with E-state index in [1.807, 2.05) is 35.7 Å². The fraction of sp³-hybridized carbons (Fsp3) is 0.217. The number of rotatable bonds is 4. The highest BCUT2D eigenvalue weighted by atomic mass is 79.9. The Morgan fingerprint density at radius 1 is 0.968 bits per heavy atom. The van der Waals surface area contributed by atoms with E-state index in [4.69, 9.17) is 0 Å². The lowest BCUT2D eigenvalue weighted by Gasteiger charge is -2.38. The van der Waals surface area contributed by atoms with Crippen LogP contribution in [-0.2, 0) is 5.60 Å². The maximum atomic E-state index is 12.7. The molecule has 0 aliphatic carbocycles. The summed E-state index contributed by atoms with van der Waals surface area (Å²) >= 11 is 4.78. The third kappa shape index (κ3) is 5.15. The van der Waals surface area contributed by atoms with E-state index < -0.39 is 5.60 Å². The molecule has 3 N–H and O–H groups in total. The van der Waals surface area contributed by atoms with E-state index in [9.17, 15) is 14.7 Å². The first kappa shape index (κ1) is 21.5. The van der Waals surface area contributed by atoms with Gasteiger partial charge in [-0.2, -0.15) is 0 Å². The first-order valence-electron chi connectivity index (χ1n) is 9.92. The van der Waals surface area contributed by atoms with Crippen LogP contribution in [0.2, 0.25) is 0 Å². The van der Waals surface area contributed by atoms with E-state index in [2.05, 4.69) is 26.6 Å². The molecular weight excluding hydrogens is 478 g/mol. The normalized spacial score (nSPS) is 15.4. The van der Waals surface area contributed by atoms with Gasteiger partial charge in [-0.1, -0.05) is 40.2 Å². The molecule has 8 heteroatoms. The summed E-state index contributed by atoms with van der Waals surface area (Å²) in [6.07, 6.45) is 0.942. The third-order valence-corrected chi connectivity index (χ3v) is 6.77. The number of piperidine rings is 1. The van der Waals surface area contributed by atoms with Crippen molar-refractivity contribution in [2.75, 3.05) is 23.7 Å². The monoisotopic (exact) mass is 499 g/mol. The Morgan fingerprint density at radius 2 is 1.65 bits per heavy atom. The van der Waals surface area contributed by atoms with Crippen molar-refractivity contribution in [1.29, 1.82) is 0 Å². The van der Waals surface area contributed by atoms with Crippen LogP contribution in [-0.4, -0.2) is 35.0 Å². The Balaban J connectivity index is 1.35. The summed E-state index contributed by atoms with van der Waals surface area (Å²) in [5, 5.41) is 18.6. The maximum Gasteiger partial charge on any atom is 0.321 e. The summed E-state index contributed by atoms with van der Waals surface area (Å²) < 4.78 is 0.963. The number of benzene rings is 2. The fourth-order valence-corrected chi connectivity index (χ4v) is 4.49. The number of urea groups is 1. The molecule has 31 heavy (non-hydrogen) atoms. The topological polar surface area (TPSA) is 81.7 Å². The molecule has 0 saturated carbocycles. The van der Waals surface area contributed by atoms with Gasteiger partial charge in [0.25, 0.3) is 5.91 Å². The number of carbonyl (C=O) groups excluding carboxylic acids is 2. The molecule has 0 bridgehead atoms. The molecule has 1 aliphatic rings. The molecule has 1 fully saturated rings. The highest BCUT2D eigenvalue weighted by Gasteiger charge is 2.35. The molecule has 1 aliphatic heterocycles. The van der Waals surface area contributed by atoms with E-state index in [-0.39, 0.29) is 11.9 Å². The van der Waals surface area contributed by atoms with Crippen molar-refractivity contribution in [3.05, 3.63) is 81.0 Å². The molecule has 160 valence electrons. The van der Waals surface area contributed by atoms with Crippen molar-refractivity contribution in [2.45, 2.75) is 18.4 Å². The molecule has 1 saturated heterocycles. The minimum Gasteiger partial charge on any atom is -0.385 e. The Hall–Kier alpha value is -2.68. The van der Waals surface area contributed by atoms with Crippen molar-refractivity contribution in [3.63, 3.8) is 0 Å². The van der Waals surface area contributed by atoms with Crippen LogP contribution >= 0.6 is 27.3 Å². The average molecular weight is 500 g/mol. The van der Waals surface area contributed by atoms with Crippen molar-refractivity contribution in [1.82, 2.24) is 4.90 Å². The zero-order chi connectivity index (χ0) is 21.8. The second-order valence-corrected chi connectivity index (χ2v) is 9.33. The summed E-state index contributed by atoms with van der Waals surface area (Å²) in [5.41, 5.74) is 1.15. The molecule has 4 rings (SSSR count). The van der Waals surface area contributed by atoms with E-state index in [1.54, 1.807) is 35.2 Å². The molecule has 2 heterocycles. The Kier molecular flexibility index (Phi) is 6.41. The first-order chi connectivity index (χ1) is 14.9. The van der Waals surface area contributed by atoms with Crippen LogP contribution in [0, 0.1) is 0 Å². The number of amides is 3. The smallest absolute Gasteiger partial charge is 0.321 e. The second-order valence-electron chi connectivity index (χ2n) is 7.47. The SMILES string of the molecule is O=C(Nc1cccc(NC(=O)N2CCC(O)(c3ccc(Br)cc3)CC2)c1)c1cccs1. The number of likely N-dealkylation sites (tertiary alicyclic amines) is 1. The molecule has 2 aromatic carbocycles. The molecule has 0 spiro atoms. The zero-order valence-electron chi connectivity index (χ0n) is 16.7. The van der Waals surface area contributed by atoms with Crippen LogP contribution in [0.3, 0.4) is 0 Å². The lowest BCUT2D eigenvalue weighted by molar-refractivity contribution is -0.0157. The minimum absolute atomic E-state index is 0.179. The van der Waals surface area contributed by atoms with Gasteiger partial charge in [0, 0.05) is 28.9 Å². The zero-order valence-corrected chi connectivity index (χ0v) is 19.1. The largest absolute Gasteiger partial charge is 0.385 e. The molecule has 0 unspecified atom stereocenters. The number of anilines is 2.